The number of nitrogens with one attached hydrogen (secondary N) is 1. The molecule has 0 saturated heterocycles. The molecule has 0 bridgehead atoms. The standard InChI is InChI=1S/C18H21NO2/c1-12-8-9-17(13(2)10-12)14(3)19-18(20)15-6-5-7-16(11-15)21-4/h5-11,14H,1-4H3,(H,19,20). The Bertz CT molecular complexity index is 649. The lowest BCUT2D eigenvalue weighted by atomic mass is 10.00. The van der Waals surface area contributed by atoms with Crippen molar-refractivity contribution in [3.63, 3.8) is 0 Å². The predicted octanol–water partition coefficient (Wildman–Crippen LogP) is 3.80. The largest absolute Gasteiger partial charge is 0.497 e. The molecule has 2 rings (SSSR count). The molecule has 0 radical (unpaired) electrons. The van der Waals surface area contributed by atoms with E-state index >= 15 is 0 Å². The van der Waals surface area contributed by atoms with Crippen LogP contribution in [-0.2, 0) is 0 Å². The first-order valence-corrected chi connectivity index (χ1v) is 7.03. The summed E-state index contributed by atoms with van der Waals surface area (Å²) in [4.78, 5) is 12.3. The highest BCUT2D eigenvalue weighted by Gasteiger charge is 2.13. The first kappa shape index (κ1) is 15.1. The van der Waals surface area contributed by atoms with Crippen molar-refractivity contribution in [1.29, 1.82) is 0 Å². The van der Waals surface area contributed by atoms with Crippen LogP contribution >= 0.6 is 0 Å². The summed E-state index contributed by atoms with van der Waals surface area (Å²) in [5.74, 6) is 0.586. The fraction of sp³-hybridized carbons (Fsp3) is 0.278. The lowest BCUT2D eigenvalue weighted by Crippen LogP contribution is -2.27. The van der Waals surface area contributed by atoms with Gasteiger partial charge in [-0.2, -0.15) is 0 Å². The maximum absolute atomic E-state index is 12.3. The van der Waals surface area contributed by atoms with Crippen molar-refractivity contribution in [3.8, 4) is 5.75 Å². The molecule has 0 aromatic heterocycles. The molecule has 1 amide bonds. The normalized spacial score (nSPS) is 11.8. The summed E-state index contributed by atoms with van der Waals surface area (Å²) in [6.45, 7) is 6.13. The molecule has 0 saturated carbocycles. The van der Waals surface area contributed by atoms with E-state index in [0.29, 0.717) is 11.3 Å². The Morgan fingerprint density at radius 3 is 2.57 bits per heavy atom. The van der Waals surface area contributed by atoms with Crippen molar-refractivity contribution in [3.05, 3.63) is 64.7 Å². The smallest absolute Gasteiger partial charge is 0.251 e. The number of hydrogen-bond acceptors (Lipinski definition) is 2. The van der Waals surface area contributed by atoms with Gasteiger partial charge in [0.2, 0.25) is 0 Å². The minimum atomic E-state index is -0.0959. The van der Waals surface area contributed by atoms with Gasteiger partial charge in [-0.25, -0.2) is 0 Å². The van der Waals surface area contributed by atoms with E-state index in [-0.39, 0.29) is 11.9 Å². The minimum absolute atomic E-state index is 0.0377. The summed E-state index contributed by atoms with van der Waals surface area (Å²) in [5.41, 5.74) is 4.15. The summed E-state index contributed by atoms with van der Waals surface area (Å²) < 4.78 is 5.15. The zero-order valence-corrected chi connectivity index (χ0v) is 12.9. The van der Waals surface area contributed by atoms with Crippen LogP contribution in [0.25, 0.3) is 0 Å². The van der Waals surface area contributed by atoms with Crippen LogP contribution in [0.5, 0.6) is 5.75 Å². The third-order valence-corrected chi connectivity index (χ3v) is 3.57. The summed E-state index contributed by atoms with van der Waals surface area (Å²) in [5, 5.41) is 3.03. The molecule has 3 nitrogen and oxygen atoms in total. The number of ether oxygens (including phenoxy) is 1. The Kier molecular flexibility index (Phi) is 4.63. The first-order chi connectivity index (χ1) is 10.0. The Hall–Kier alpha value is -2.29. The molecule has 1 atom stereocenters. The number of carbonyl (C=O) groups excluding carboxylic acids is 1. The predicted molar refractivity (Wildman–Crippen MR) is 84.8 cm³/mol. The average molecular weight is 283 g/mol. The lowest BCUT2D eigenvalue weighted by Gasteiger charge is -2.17. The maximum Gasteiger partial charge on any atom is 0.251 e. The minimum Gasteiger partial charge on any atom is -0.497 e. The van der Waals surface area contributed by atoms with E-state index in [9.17, 15) is 4.79 Å². The van der Waals surface area contributed by atoms with E-state index < -0.39 is 0 Å². The van der Waals surface area contributed by atoms with Crippen molar-refractivity contribution in [2.24, 2.45) is 0 Å². The van der Waals surface area contributed by atoms with Gasteiger partial charge in [-0.05, 0) is 50.1 Å². The molecule has 1 unspecified atom stereocenters. The van der Waals surface area contributed by atoms with Crippen LogP contribution in [-0.4, -0.2) is 13.0 Å². The van der Waals surface area contributed by atoms with E-state index in [1.54, 1.807) is 19.2 Å². The summed E-state index contributed by atoms with van der Waals surface area (Å²) in [6.07, 6.45) is 0. The van der Waals surface area contributed by atoms with Gasteiger partial charge in [0.1, 0.15) is 5.75 Å². The molecule has 0 aliphatic carbocycles. The van der Waals surface area contributed by atoms with Gasteiger partial charge in [0.25, 0.3) is 5.91 Å². The molecule has 0 heterocycles. The highest BCUT2D eigenvalue weighted by atomic mass is 16.5. The average Bonchev–Trinajstić information content (AvgIpc) is 2.47. The van der Waals surface area contributed by atoms with Crippen LogP contribution in [0.1, 0.15) is 40.0 Å². The molecule has 3 heteroatoms. The highest BCUT2D eigenvalue weighted by molar-refractivity contribution is 5.94. The lowest BCUT2D eigenvalue weighted by molar-refractivity contribution is 0.0939. The second-order valence-electron chi connectivity index (χ2n) is 5.29. The van der Waals surface area contributed by atoms with E-state index in [4.69, 9.17) is 4.74 Å². The molecule has 2 aromatic carbocycles. The number of amides is 1. The van der Waals surface area contributed by atoms with Crippen LogP contribution in [0.3, 0.4) is 0 Å². The molecule has 2 aromatic rings. The second-order valence-corrected chi connectivity index (χ2v) is 5.29. The highest BCUT2D eigenvalue weighted by Crippen LogP contribution is 2.20. The fourth-order valence-corrected chi connectivity index (χ4v) is 2.43. The Morgan fingerprint density at radius 2 is 1.90 bits per heavy atom. The Labute approximate surface area is 126 Å². The van der Waals surface area contributed by atoms with Gasteiger partial charge >= 0.3 is 0 Å². The Balaban J connectivity index is 2.14. The molecule has 21 heavy (non-hydrogen) atoms. The van der Waals surface area contributed by atoms with Crippen LogP contribution in [0.15, 0.2) is 42.5 Å². The van der Waals surface area contributed by atoms with Crippen LogP contribution < -0.4 is 10.1 Å². The fourth-order valence-electron chi connectivity index (χ4n) is 2.43. The number of carbonyl (C=O) groups is 1. The third-order valence-electron chi connectivity index (χ3n) is 3.57. The van der Waals surface area contributed by atoms with Gasteiger partial charge in [0.15, 0.2) is 0 Å². The van der Waals surface area contributed by atoms with Gasteiger partial charge in [0.05, 0.1) is 13.2 Å². The number of methoxy groups -OCH3 is 1. The molecule has 0 aliphatic heterocycles. The van der Waals surface area contributed by atoms with Crippen molar-refractivity contribution in [2.45, 2.75) is 26.8 Å². The molecular weight excluding hydrogens is 262 g/mol. The third kappa shape index (κ3) is 3.63. The van der Waals surface area contributed by atoms with Crippen LogP contribution in [0.4, 0.5) is 0 Å². The van der Waals surface area contributed by atoms with Gasteiger partial charge in [-0.1, -0.05) is 29.8 Å². The van der Waals surface area contributed by atoms with Gasteiger partial charge in [-0.15, -0.1) is 0 Å². The van der Waals surface area contributed by atoms with Gasteiger partial charge in [-0.3, -0.25) is 4.79 Å². The zero-order valence-electron chi connectivity index (χ0n) is 12.9. The SMILES string of the molecule is COc1cccc(C(=O)NC(C)c2ccc(C)cc2C)c1. The summed E-state index contributed by atoms with van der Waals surface area (Å²) >= 11 is 0. The monoisotopic (exact) mass is 283 g/mol. The van der Waals surface area contributed by atoms with Crippen molar-refractivity contribution in [1.82, 2.24) is 5.32 Å². The molecule has 0 aliphatic rings. The number of aryl methyl sites for hydroxylation is 2. The van der Waals surface area contributed by atoms with Crippen molar-refractivity contribution in [2.75, 3.05) is 7.11 Å². The topological polar surface area (TPSA) is 38.3 Å². The summed E-state index contributed by atoms with van der Waals surface area (Å²) in [6, 6.07) is 13.4. The van der Waals surface area contributed by atoms with E-state index in [2.05, 4.69) is 37.4 Å². The van der Waals surface area contributed by atoms with E-state index in [1.165, 1.54) is 11.1 Å². The molecule has 110 valence electrons. The molecule has 0 spiro atoms. The number of hydrogen-bond donors (Lipinski definition) is 1. The van der Waals surface area contributed by atoms with Crippen molar-refractivity contribution < 1.29 is 9.53 Å². The number of rotatable bonds is 4. The van der Waals surface area contributed by atoms with E-state index in [0.717, 1.165) is 5.56 Å². The second kappa shape index (κ2) is 6.44. The quantitative estimate of drug-likeness (QED) is 0.926. The molecule has 0 fully saturated rings. The van der Waals surface area contributed by atoms with Crippen LogP contribution in [0.2, 0.25) is 0 Å². The zero-order chi connectivity index (χ0) is 15.4. The van der Waals surface area contributed by atoms with Gasteiger partial charge in [0, 0.05) is 5.56 Å². The summed E-state index contributed by atoms with van der Waals surface area (Å²) in [7, 11) is 1.59. The van der Waals surface area contributed by atoms with Gasteiger partial charge < -0.3 is 10.1 Å². The van der Waals surface area contributed by atoms with E-state index in [1.807, 2.05) is 19.1 Å². The van der Waals surface area contributed by atoms with Crippen LogP contribution in [0, 0.1) is 13.8 Å². The molecule has 1 N–H and O–H groups in total. The maximum atomic E-state index is 12.3. The Morgan fingerprint density at radius 1 is 1.14 bits per heavy atom. The number of benzene rings is 2. The van der Waals surface area contributed by atoms with Crippen molar-refractivity contribution >= 4 is 5.91 Å². The molecular formula is C18H21NO2. The first-order valence-electron chi connectivity index (χ1n) is 7.03.